The lowest BCUT2D eigenvalue weighted by Gasteiger charge is -2.32. The van der Waals surface area contributed by atoms with Gasteiger partial charge in [0, 0.05) is 24.0 Å². The van der Waals surface area contributed by atoms with Crippen LogP contribution in [0.25, 0.3) is 10.4 Å². The zero-order valence-corrected chi connectivity index (χ0v) is 11.7. The van der Waals surface area contributed by atoms with Crippen molar-refractivity contribution in [1.29, 1.82) is 0 Å². The van der Waals surface area contributed by atoms with E-state index < -0.39 is 29.6 Å². The number of azide groups is 1. The van der Waals surface area contributed by atoms with E-state index in [0.29, 0.717) is 31.6 Å². The van der Waals surface area contributed by atoms with Crippen LogP contribution in [0.5, 0.6) is 0 Å². The van der Waals surface area contributed by atoms with Crippen LogP contribution >= 0.6 is 0 Å². The monoisotopic (exact) mass is 311 g/mol. The first-order valence-electron chi connectivity index (χ1n) is 6.84. The summed E-state index contributed by atoms with van der Waals surface area (Å²) in [6.45, 7) is 0.904. The minimum Gasteiger partial charge on any atom is -0.481 e. The van der Waals surface area contributed by atoms with E-state index in [4.69, 9.17) is 10.3 Å². The Kier molecular flexibility index (Phi) is 5.30. The summed E-state index contributed by atoms with van der Waals surface area (Å²) in [6, 6.07) is 1.88. The van der Waals surface area contributed by atoms with Crippen LogP contribution in [-0.4, -0.2) is 30.3 Å². The summed E-state index contributed by atoms with van der Waals surface area (Å²) < 4.78 is 31.9. The average molecular weight is 311 g/mol. The van der Waals surface area contributed by atoms with Crippen molar-refractivity contribution in [2.24, 2.45) is 11.0 Å². The van der Waals surface area contributed by atoms with Crippen molar-refractivity contribution in [2.75, 3.05) is 13.2 Å². The SMILES string of the molecule is [N-]=[N+]=N[C@H](C(=O)O)[C@@H](c1ccc(F)c(F)c1)C1CCOCC1. The zero-order chi connectivity index (χ0) is 16.1. The summed E-state index contributed by atoms with van der Waals surface area (Å²) in [5, 5.41) is 12.7. The molecular weight excluding hydrogens is 296 g/mol. The van der Waals surface area contributed by atoms with E-state index in [1.807, 2.05) is 0 Å². The molecular formula is C14H15F2N3O3. The number of nitrogens with zero attached hydrogens (tertiary/aromatic N) is 3. The molecule has 2 rings (SSSR count). The second kappa shape index (κ2) is 7.20. The molecule has 22 heavy (non-hydrogen) atoms. The third kappa shape index (κ3) is 3.52. The molecule has 1 N–H and O–H groups in total. The van der Waals surface area contributed by atoms with Gasteiger partial charge in [0.1, 0.15) is 6.04 Å². The van der Waals surface area contributed by atoms with Crippen molar-refractivity contribution >= 4 is 5.97 Å². The van der Waals surface area contributed by atoms with E-state index in [0.717, 1.165) is 12.1 Å². The molecule has 118 valence electrons. The van der Waals surface area contributed by atoms with Crippen LogP contribution in [0.4, 0.5) is 8.78 Å². The van der Waals surface area contributed by atoms with Crippen LogP contribution in [0.3, 0.4) is 0 Å². The molecule has 0 saturated carbocycles. The number of carboxylic acids is 1. The molecule has 1 fully saturated rings. The zero-order valence-electron chi connectivity index (χ0n) is 11.7. The summed E-state index contributed by atoms with van der Waals surface area (Å²) >= 11 is 0. The van der Waals surface area contributed by atoms with Crippen molar-refractivity contribution in [3.8, 4) is 0 Å². The summed E-state index contributed by atoms with van der Waals surface area (Å²) in [6.07, 6.45) is 1.13. The lowest BCUT2D eigenvalue weighted by molar-refractivity contribution is -0.139. The summed E-state index contributed by atoms with van der Waals surface area (Å²) in [5.74, 6) is -4.23. The van der Waals surface area contributed by atoms with Gasteiger partial charge in [0.15, 0.2) is 11.6 Å². The van der Waals surface area contributed by atoms with Crippen LogP contribution in [0.2, 0.25) is 0 Å². The largest absolute Gasteiger partial charge is 0.481 e. The van der Waals surface area contributed by atoms with Gasteiger partial charge in [-0.3, -0.25) is 4.79 Å². The third-order valence-electron chi connectivity index (χ3n) is 3.87. The van der Waals surface area contributed by atoms with Gasteiger partial charge >= 0.3 is 5.97 Å². The van der Waals surface area contributed by atoms with Crippen LogP contribution in [0, 0.1) is 17.6 Å². The van der Waals surface area contributed by atoms with Crippen molar-refractivity contribution < 1.29 is 23.4 Å². The van der Waals surface area contributed by atoms with Gasteiger partial charge in [-0.05, 0) is 42.0 Å². The molecule has 0 unspecified atom stereocenters. The highest BCUT2D eigenvalue weighted by atomic mass is 19.2. The Balaban J connectivity index is 2.44. The maximum Gasteiger partial charge on any atom is 0.313 e. The lowest BCUT2D eigenvalue weighted by Crippen LogP contribution is -2.34. The Hall–Kier alpha value is -2.18. The molecule has 1 heterocycles. The quantitative estimate of drug-likeness (QED) is 0.513. The fourth-order valence-corrected chi connectivity index (χ4v) is 2.84. The van der Waals surface area contributed by atoms with E-state index >= 15 is 0 Å². The maximum atomic E-state index is 13.5. The summed E-state index contributed by atoms with van der Waals surface area (Å²) in [7, 11) is 0. The smallest absolute Gasteiger partial charge is 0.313 e. The molecule has 1 aliphatic heterocycles. The highest BCUT2D eigenvalue weighted by Crippen LogP contribution is 2.37. The molecule has 0 aromatic heterocycles. The van der Waals surface area contributed by atoms with Crippen LogP contribution in [0.15, 0.2) is 23.3 Å². The van der Waals surface area contributed by atoms with E-state index in [1.165, 1.54) is 6.07 Å². The standard InChI is InChI=1S/C14H15F2N3O3/c15-10-2-1-9(7-11(10)16)12(8-3-5-22-6-4-8)13(14(20)21)18-19-17/h1-2,7-8,12-13H,3-6H2,(H,20,21)/t12-,13+/m1/s1. The van der Waals surface area contributed by atoms with E-state index in [1.54, 1.807) is 0 Å². The van der Waals surface area contributed by atoms with Crippen LogP contribution in [0.1, 0.15) is 24.3 Å². The topological polar surface area (TPSA) is 95.3 Å². The Labute approximate surface area is 125 Å². The fraction of sp³-hybridized carbons (Fsp3) is 0.500. The molecule has 0 bridgehead atoms. The van der Waals surface area contributed by atoms with Crippen molar-refractivity contribution in [3.63, 3.8) is 0 Å². The number of carboxylic acid groups (broad SMARTS) is 1. The maximum absolute atomic E-state index is 13.5. The van der Waals surface area contributed by atoms with Crippen molar-refractivity contribution in [1.82, 2.24) is 0 Å². The number of carbonyl (C=O) groups is 1. The number of hydrogen-bond acceptors (Lipinski definition) is 3. The molecule has 1 aliphatic rings. The number of benzene rings is 1. The molecule has 0 spiro atoms. The number of hydrogen-bond donors (Lipinski definition) is 1. The van der Waals surface area contributed by atoms with Gasteiger partial charge in [0.25, 0.3) is 0 Å². The van der Waals surface area contributed by atoms with Gasteiger partial charge in [0.05, 0.1) is 0 Å². The van der Waals surface area contributed by atoms with Crippen molar-refractivity contribution in [2.45, 2.75) is 24.8 Å². The minimum absolute atomic E-state index is 0.148. The highest BCUT2D eigenvalue weighted by molar-refractivity contribution is 5.75. The van der Waals surface area contributed by atoms with Gasteiger partial charge in [0.2, 0.25) is 0 Å². The molecule has 2 atom stereocenters. The summed E-state index contributed by atoms with van der Waals surface area (Å²) in [4.78, 5) is 14.0. The van der Waals surface area contributed by atoms with E-state index in [-0.39, 0.29) is 5.92 Å². The van der Waals surface area contributed by atoms with Crippen LogP contribution < -0.4 is 0 Å². The minimum atomic E-state index is -1.38. The van der Waals surface area contributed by atoms with Gasteiger partial charge in [-0.25, -0.2) is 8.78 Å². The molecule has 0 amide bonds. The van der Waals surface area contributed by atoms with Crippen LogP contribution in [-0.2, 0) is 9.53 Å². The first kappa shape index (κ1) is 16.2. The normalized spacial score (nSPS) is 18.3. The number of rotatable bonds is 5. The third-order valence-corrected chi connectivity index (χ3v) is 3.87. The molecule has 6 nitrogen and oxygen atoms in total. The molecule has 1 saturated heterocycles. The van der Waals surface area contributed by atoms with Crippen molar-refractivity contribution in [3.05, 3.63) is 45.8 Å². The lowest BCUT2D eigenvalue weighted by atomic mass is 9.77. The van der Waals surface area contributed by atoms with Gasteiger partial charge in [-0.15, -0.1) is 0 Å². The molecule has 1 aromatic rings. The van der Waals surface area contributed by atoms with Gasteiger partial charge in [-0.2, -0.15) is 0 Å². The van der Waals surface area contributed by atoms with Gasteiger partial charge < -0.3 is 9.84 Å². The highest BCUT2D eigenvalue weighted by Gasteiger charge is 2.36. The Morgan fingerprint density at radius 3 is 2.59 bits per heavy atom. The number of ether oxygens (including phenoxy) is 1. The molecule has 0 radical (unpaired) electrons. The van der Waals surface area contributed by atoms with Gasteiger partial charge in [-0.1, -0.05) is 11.2 Å². The Bertz CT molecular complexity index is 597. The molecule has 1 aromatic carbocycles. The molecule has 8 heteroatoms. The second-order valence-corrected chi connectivity index (χ2v) is 5.14. The van der Waals surface area contributed by atoms with E-state index in [2.05, 4.69) is 10.0 Å². The predicted molar refractivity (Wildman–Crippen MR) is 73.2 cm³/mol. The average Bonchev–Trinajstić information content (AvgIpc) is 2.51. The second-order valence-electron chi connectivity index (χ2n) is 5.14. The van der Waals surface area contributed by atoms with E-state index in [9.17, 15) is 18.7 Å². The number of aliphatic carboxylic acids is 1. The summed E-state index contributed by atoms with van der Waals surface area (Å²) in [5.41, 5.74) is 8.93. The fourth-order valence-electron chi connectivity index (χ4n) is 2.84. The first-order valence-corrected chi connectivity index (χ1v) is 6.84. The Morgan fingerprint density at radius 1 is 1.36 bits per heavy atom. The molecule has 0 aliphatic carbocycles. The predicted octanol–water partition coefficient (Wildman–Crippen LogP) is 3.24. The number of halogens is 2. The Morgan fingerprint density at radius 2 is 2.05 bits per heavy atom. The first-order chi connectivity index (χ1) is 10.5.